The van der Waals surface area contributed by atoms with Gasteiger partial charge in [-0.2, -0.15) is 0 Å². The van der Waals surface area contributed by atoms with Gasteiger partial charge >= 0.3 is 33.7 Å². The zero-order chi connectivity index (χ0) is 2.71. The fourth-order valence-electron chi connectivity index (χ4n) is 0. The molecule has 0 rings (SSSR count). The molecule has 0 amide bonds. The minimum absolute atomic E-state index is 0. The van der Waals surface area contributed by atoms with Crippen molar-refractivity contribution in [3.8, 4) is 0 Å². The van der Waals surface area contributed by atoms with Crippen LogP contribution in [-0.2, 0) is 0 Å². The largest absolute Gasteiger partial charge is 0.412 e. The number of hydrogen-bond acceptors (Lipinski definition) is 0. The molecule has 0 atom stereocenters. The van der Waals surface area contributed by atoms with Crippen LogP contribution in [0.1, 0.15) is 6.92 Å². The summed E-state index contributed by atoms with van der Waals surface area (Å²) in [6, 6.07) is 0. The van der Waals surface area contributed by atoms with Gasteiger partial charge < -0.3 is 5.48 Å². The molecule has 2 heteroatoms. The van der Waals surface area contributed by atoms with Gasteiger partial charge in [-0.15, -0.1) is 0 Å². The summed E-state index contributed by atoms with van der Waals surface area (Å²) in [4.78, 5) is 0. The summed E-state index contributed by atoms with van der Waals surface area (Å²) < 4.78 is 1.26. The van der Waals surface area contributed by atoms with Gasteiger partial charge in [0.05, 0.1) is 0 Å². The van der Waals surface area contributed by atoms with Crippen molar-refractivity contribution < 1.29 is 5.48 Å². The molecule has 27 valence electrons. The van der Waals surface area contributed by atoms with E-state index < -0.39 is 0 Å². The van der Waals surface area contributed by atoms with Crippen LogP contribution >= 0.6 is 0 Å². The smallest absolute Gasteiger partial charge is 0.412 e. The average molecular weight is 175 g/mol. The molecule has 0 unspecified atom stereocenters. The SMILES string of the molecule is CC[Te].O. The first kappa shape index (κ1) is 8.83. The van der Waals surface area contributed by atoms with Crippen molar-refractivity contribution in [3.05, 3.63) is 0 Å². The van der Waals surface area contributed by atoms with Gasteiger partial charge in [0, 0.05) is 0 Å². The van der Waals surface area contributed by atoms with Crippen molar-refractivity contribution in [2.75, 3.05) is 0 Å². The van der Waals surface area contributed by atoms with Crippen molar-refractivity contribution in [1.82, 2.24) is 0 Å². The van der Waals surface area contributed by atoms with Crippen molar-refractivity contribution in [2.45, 2.75) is 11.4 Å². The van der Waals surface area contributed by atoms with E-state index in [2.05, 4.69) is 29.2 Å². The van der Waals surface area contributed by atoms with Crippen LogP contribution in [0.2, 0.25) is 4.47 Å². The van der Waals surface area contributed by atoms with E-state index in [0.29, 0.717) is 0 Å². The fourth-order valence-corrected chi connectivity index (χ4v) is 0. The molecular formula is C2H7OTe. The van der Waals surface area contributed by atoms with Crippen molar-refractivity contribution >= 4 is 22.3 Å². The average Bonchev–Trinajstić information content (AvgIpc) is 0.918. The number of rotatable bonds is 0. The van der Waals surface area contributed by atoms with Gasteiger partial charge in [0.1, 0.15) is 0 Å². The third-order valence-corrected chi connectivity index (χ3v) is 0. The first-order valence-corrected chi connectivity index (χ1v) is 2.64. The Morgan fingerprint density at radius 2 is 1.75 bits per heavy atom. The molecule has 4 heavy (non-hydrogen) atoms. The second kappa shape index (κ2) is 9.26. The van der Waals surface area contributed by atoms with Gasteiger partial charge in [-0.1, -0.05) is 0 Å². The Bertz CT molecular complexity index is 6.00. The van der Waals surface area contributed by atoms with Crippen LogP contribution in [-0.4, -0.2) is 27.8 Å². The molecule has 0 aromatic rings. The number of hydrogen-bond donors (Lipinski definition) is 0. The molecule has 0 bridgehead atoms. The first-order valence-electron chi connectivity index (χ1n) is 0.996. The van der Waals surface area contributed by atoms with E-state index in [1.165, 1.54) is 4.47 Å². The van der Waals surface area contributed by atoms with E-state index in [1.807, 2.05) is 0 Å². The van der Waals surface area contributed by atoms with E-state index in [-0.39, 0.29) is 5.48 Å². The molecule has 0 saturated carbocycles. The third kappa shape index (κ3) is 15.0. The minimum Gasteiger partial charge on any atom is -0.412 e. The summed E-state index contributed by atoms with van der Waals surface area (Å²) in [5, 5.41) is 0. The Kier molecular flexibility index (Phi) is 20.4. The zero-order valence-corrected chi connectivity index (χ0v) is 4.95. The van der Waals surface area contributed by atoms with Crippen LogP contribution in [0.3, 0.4) is 0 Å². The van der Waals surface area contributed by atoms with Gasteiger partial charge in [-0.05, 0) is 0 Å². The standard InChI is InChI=1S/C2H5Te.H2O/c1-2-3;/h2H2,1H3;1H2. The first-order chi connectivity index (χ1) is 1.41. The predicted octanol–water partition coefficient (Wildman–Crippen LogP) is -0.232. The molecule has 0 fully saturated rings. The summed E-state index contributed by atoms with van der Waals surface area (Å²) >= 11 is 2.07. The predicted molar refractivity (Wildman–Crippen MR) is 19.8 cm³/mol. The van der Waals surface area contributed by atoms with E-state index in [9.17, 15) is 0 Å². The molecule has 0 aromatic carbocycles. The van der Waals surface area contributed by atoms with Crippen molar-refractivity contribution in [1.29, 1.82) is 0 Å². The normalized spacial score (nSPS) is 4.50. The molecule has 1 nitrogen and oxygen atoms in total. The molecular weight excluding hydrogens is 168 g/mol. The minimum atomic E-state index is 0. The summed E-state index contributed by atoms with van der Waals surface area (Å²) in [7, 11) is 0. The van der Waals surface area contributed by atoms with Crippen molar-refractivity contribution in [3.63, 3.8) is 0 Å². The third-order valence-electron chi connectivity index (χ3n) is 0. The fraction of sp³-hybridized carbons (Fsp3) is 1.00. The van der Waals surface area contributed by atoms with Crippen LogP contribution in [0.5, 0.6) is 0 Å². The van der Waals surface area contributed by atoms with E-state index in [0.717, 1.165) is 0 Å². The topological polar surface area (TPSA) is 31.5 Å². The van der Waals surface area contributed by atoms with Crippen molar-refractivity contribution in [2.24, 2.45) is 0 Å². The summed E-state index contributed by atoms with van der Waals surface area (Å²) in [5.74, 6) is 0. The Hall–Kier alpha value is 0.750. The van der Waals surface area contributed by atoms with Gasteiger partial charge in [0.2, 0.25) is 0 Å². The molecule has 0 aliphatic carbocycles. The maximum absolute atomic E-state index is 2.13. The van der Waals surface area contributed by atoms with Crippen LogP contribution in [0.25, 0.3) is 0 Å². The second-order valence-corrected chi connectivity index (χ2v) is 1.94. The van der Waals surface area contributed by atoms with Gasteiger partial charge in [0.15, 0.2) is 0 Å². The molecule has 2 N–H and O–H groups in total. The summed E-state index contributed by atoms with van der Waals surface area (Å²) in [5.41, 5.74) is 0. The van der Waals surface area contributed by atoms with E-state index in [1.54, 1.807) is 0 Å². The Morgan fingerprint density at radius 1 is 1.75 bits per heavy atom. The monoisotopic (exact) mass is 177 g/mol. The molecule has 0 saturated heterocycles. The molecule has 0 aliphatic rings. The second-order valence-electron chi connectivity index (χ2n) is 0.289. The molecule has 0 heterocycles. The Morgan fingerprint density at radius 3 is 1.75 bits per heavy atom. The van der Waals surface area contributed by atoms with Gasteiger partial charge in [-0.3, -0.25) is 0 Å². The Balaban J connectivity index is 0. The van der Waals surface area contributed by atoms with Crippen LogP contribution in [0, 0.1) is 0 Å². The zero-order valence-electron chi connectivity index (χ0n) is 2.62. The van der Waals surface area contributed by atoms with E-state index in [4.69, 9.17) is 0 Å². The molecule has 1 radical (unpaired) electrons. The summed E-state index contributed by atoms with van der Waals surface area (Å²) in [6.07, 6.45) is 0. The van der Waals surface area contributed by atoms with Crippen LogP contribution < -0.4 is 0 Å². The maximum atomic E-state index is 2.13. The maximum Gasteiger partial charge on any atom is -0.412 e. The molecule has 0 aromatic heterocycles. The van der Waals surface area contributed by atoms with Gasteiger partial charge in [0.25, 0.3) is 0 Å². The molecule has 0 spiro atoms. The van der Waals surface area contributed by atoms with E-state index >= 15 is 0 Å². The van der Waals surface area contributed by atoms with Gasteiger partial charge in [-0.25, -0.2) is 0 Å². The Labute approximate surface area is 39.6 Å². The van der Waals surface area contributed by atoms with Crippen LogP contribution in [0.4, 0.5) is 0 Å². The van der Waals surface area contributed by atoms with Crippen LogP contribution in [0.15, 0.2) is 0 Å². The quantitative estimate of drug-likeness (QED) is 0.455. The molecule has 0 aliphatic heterocycles. The summed E-state index contributed by atoms with van der Waals surface area (Å²) in [6.45, 7) is 2.13.